The number of hydrogen-bond acceptors (Lipinski definition) is 3. The van der Waals surface area contributed by atoms with Crippen molar-refractivity contribution >= 4 is 0 Å². The highest BCUT2D eigenvalue weighted by Gasteiger charge is 2.54. The van der Waals surface area contributed by atoms with Crippen molar-refractivity contribution in [3.05, 3.63) is 0 Å². The average Bonchev–Trinajstić information content (AvgIpc) is 2.46. The topological polar surface area (TPSA) is 38.7 Å². The summed E-state index contributed by atoms with van der Waals surface area (Å²) >= 11 is 0. The second kappa shape index (κ2) is 1.94. The van der Waals surface area contributed by atoms with E-state index in [4.69, 9.17) is 9.47 Å². The van der Waals surface area contributed by atoms with Gasteiger partial charge in [0.25, 0.3) is 0 Å². The summed E-state index contributed by atoms with van der Waals surface area (Å²) in [5.41, 5.74) is -0.356. The molecule has 0 saturated carbocycles. The van der Waals surface area contributed by atoms with Crippen LogP contribution in [0.5, 0.6) is 0 Å². The molecule has 0 radical (unpaired) electrons. The Morgan fingerprint density at radius 1 is 1.70 bits per heavy atom. The Hall–Kier alpha value is -0.120. The normalized spacial score (nSPS) is 52.2. The van der Waals surface area contributed by atoms with E-state index in [2.05, 4.69) is 0 Å². The first-order valence-corrected chi connectivity index (χ1v) is 3.72. The lowest BCUT2D eigenvalue weighted by Crippen LogP contribution is -2.39. The van der Waals surface area contributed by atoms with Crippen LogP contribution in [0.15, 0.2) is 0 Å². The highest BCUT2D eigenvalue weighted by Crippen LogP contribution is 2.37. The van der Waals surface area contributed by atoms with E-state index in [1.54, 1.807) is 0 Å². The summed E-state index contributed by atoms with van der Waals surface area (Å²) in [5, 5.41) is 9.53. The van der Waals surface area contributed by atoms with Crippen LogP contribution in [0, 0.1) is 0 Å². The number of fused-ring (bicyclic) bond motifs is 2. The van der Waals surface area contributed by atoms with Crippen LogP contribution in [0.2, 0.25) is 0 Å². The lowest BCUT2D eigenvalue weighted by molar-refractivity contribution is -0.102. The van der Waals surface area contributed by atoms with Crippen molar-refractivity contribution in [2.24, 2.45) is 0 Å². The third-order valence-corrected chi connectivity index (χ3v) is 2.57. The van der Waals surface area contributed by atoms with Gasteiger partial charge in [-0.3, -0.25) is 0 Å². The maximum absolute atomic E-state index is 9.53. The average molecular weight is 144 g/mol. The summed E-state index contributed by atoms with van der Waals surface area (Å²) in [6, 6.07) is 0. The molecule has 2 aliphatic rings. The van der Waals surface area contributed by atoms with Crippen molar-refractivity contribution in [1.82, 2.24) is 0 Å². The van der Waals surface area contributed by atoms with Crippen LogP contribution in [0.1, 0.15) is 13.3 Å². The molecule has 3 nitrogen and oxygen atoms in total. The minimum absolute atomic E-state index is 0.0556. The molecule has 2 rings (SSSR count). The van der Waals surface area contributed by atoms with Crippen molar-refractivity contribution in [3.8, 4) is 0 Å². The van der Waals surface area contributed by atoms with Gasteiger partial charge in [0.2, 0.25) is 0 Å². The van der Waals surface area contributed by atoms with Crippen LogP contribution in [0.4, 0.5) is 0 Å². The quantitative estimate of drug-likeness (QED) is 0.559. The zero-order chi connectivity index (χ0) is 7.19. The third-order valence-electron chi connectivity index (χ3n) is 2.57. The largest absolute Gasteiger partial charge is 0.387 e. The Kier molecular flexibility index (Phi) is 1.27. The molecule has 2 bridgehead atoms. The summed E-state index contributed by atoms with van der Waals surface area (Å²) in [7, 11) is 0. The fraction of sp³-hybridized carbons (Fsp3) is 1.00. The van der Waals surface area contributed by atoms with Gasteiger partial charge in [-0.05, 0) is 6.42 Å². The molecule has 0 amide bonds. The van der Waals surface area contributed by atoms with E-state index < -0.39 is 6.10 Å². The van der Waals surface area contributed by atoms with Crippen molar-refractivity contribution < 1.29 is 14.6 Å². The van der Waals surface area contributed by atoms with E-state index in [1.807, 2.05) is 6.92 Å². The van der Waals surface area contributed by atoms with Gasteiger partial charge >= 0.3 is 0 Å². The third kappa shape index (κ3) is 0.603. The first-order valence-electron chi connectivity index (χ1n) is 3.72. The zero-order valence-electron chi connectivity index (χ0n) is 6.04. The molecular formula is C7H12O3. The molecule has 0 aromatic heterocycles. The van der Waals surface area contributed by atoms with E-state index in [-0.39, 0.29) is 11.7 Å². The molecule has 0 aromatic carbocycles. The van der Waals surface area contributed by atoms with Gasteiger partial charge in [0.15, 0.2) is 0 Å². The Morgan fingerprint density at radius 2 is 2.50 bits per heavy atom. The fourth-order valence-electron chi connectivity index (χ4n) is 1.69. The molecule has 58 valence electrons. The van der Waals surface area contributed by atoms with E-state index >= 15 is 0 Å². The standard InChI is InChI=1S/C7H12O3/c1-2-7-4-9-5(3-10-7)6(7)8/h5-6,8H,2-4H2,1H3. The lowest BCUT2D eigenvalue weighted by Gasteiger charge is -2.25. The van der Waals surface area contributed by atoms with Gasteiger partial charge in [0, 0.05) is 0 Å². The number of rotatable bonds is 1. The molecule has 10 heavy (non-hydrogen) atoms. The van der Waals surface area contributed by atoms with Gasteiger partial charge in [-0.1, -0.05) is 6.92 Å². The predicted molar refractivity (Wildman–Crippen MR) is 34.7 cm³/mol. The lowest BCUT2D eigenvalue weighted by atomic mass is 9.97. The molecule has 0 aliphatic carbocycles. The number of aliphatic hydroxyl groups excluding tert-OH is 1. The SMILES string of the molecule is CCC12COC(CO1)C2O. The van der Waals surface area contributed by atoms with Gasteiger partial charge in [0.05, 0.1) is 13.2 Å². The van der Waals surface area contributed by atoms with Crippen LogP contribution in [-0.4, -0.2) is 36.1 Å². The van der Waals surface area contributed by atoms with Gasteiger partial charge < -0.3 is 14.6 Å². The van der Waals surface area contributed by atoms with Crippen molar-refractivity contribution in [1.29, 1.82) is 0 Å². The van der Waals surface area contributed by atoms with Crippen molar-refractivity contribution in [2.75, 3.05) is 13.2 Å². The van der Waals surface area contributed by atoms with Gasteiger partial charge in [0.1, 0.15) is 17.8 Å². The zero-order valence-corrected chi connectivity index (χ0v) is 6.04. The van der Waals surface area contributed by atoms with E-state index in [0.717, 1.165) is 6.42 Å². The molecule has 2 fully saturated rings. The summed E-state index contributed by atoms with van der Waals surface area (Å²) < 4.78 is 10.7. The molecule has 2 saturated heterocycles. The highest BCUT2D eigenvalue weighted by molar-refractivity contribution is 5.02. The Labute approximate surface area is 59.9 Å². The van der Waals surface area contributed by atoms with Crippen molar-refractivity contribution in [3.63, 3.8) is 0 Å². The molecule has 3 unspecified atom stereocenters. The minimum Gasteiger partial charge on any atom is -0.387 e. The van der Waals surface area contributed by atoms with Gasteiger partial charge in [-0.15, -0.1) is 0 Å². The Balaban J connectivity index is 2.22. The first kappa shape index (κ1) is 6.58. The van der Waals surface area contributed by atoms with Crippen LogP contribution in [0.3, 0.4) is 0 Å². The molecule has 3 heteroatoms. The highest BCUT2D eigenvalue weighted by atomic mass is 16.6. The first-order chi connectivity index (χ1) is 4.78. The number of hydrogen-bond donors (Lipinski definition) is 1. The fourth-order valence-corrected chi connectivity index (χ4v) is 1.69. The predicted octanol–water partition coefficient (Wildman–Crippen LogP) is -0.0749. The summed E-state index contributed by atoms with van der Waals surface area (Å²) in [6.07, 6.45) is 0.391. The molecule has 2 aliphatic heterocycles. The van der Waals surface area contributed by atoms with Gasteiger partial charge in [-0.2, -0.15) is 0 Å². The second-order valence-electron chi connectivity index (χ2n) is 3.02. The van der Waals surface area contributed by atoms with Crippen LogP contribution in [0.25, 0.3) is 0 Å². The smallest absolute Gasteiger partial charge is 0.120 e. The molecule has 0 aromatic rings. The van der Waals surface area contributed by atoms with Gasteiger partial charge in [-0.25, -0.2) is 0 Å². The van der Waals surface area contributed by atoms with Crippen LogP contribution in [-0.2, 0) is 9.47 Å². The second-order valence-corrected chi connectivity index (χ2v) is 3.02. The molecule has 2 heterocycles. The van der Waals surface area contributed by atoms with Crippen LogP contribution < -0.4 is 0 Å². The monoisotopic (exact) mass is 144 g/mol. The van der Waals surface area contributed by atoms with E-state index in [0.29, 0.717) is 13.2 Å². The summed E-state index contributed by atoms with van der Waals surface area (Å²) in [6.45, 7) is 3.14. The van der Waals surface area contributed by atoms with E-state index in [9.17, 15) is 5.11 Å². The maximum atomic E-state index is 9.53. The van der Waals surface area contributed by atoms with E-state index in [1.165, 1.54) is 0 Å². The molecule has 1 N–H and O–H groups in total. The molecule has 3 atom stereocenters. The Bertz CT molecular complexity index is 138. The summed E-state index contributed by atoms with van der Waals surface area (Å²) in [5.74, 6) is 0. The van der Waals surface area contributed by atoms with Crippen molar-refractivity contribution in [2.45, 2.75) is 31.2 Å². The number of aliphatic hydroxyl groups is 1. The minimum atomic E-state index is -0.391. The summed E-state index contributed by atoms with van der Waals surface area (Å²) in [4.78, 5) is 0. The maximum Gasteiger partial charge on any atom is 0.120 e. The molecule has 0 spiro atoms. The number of ether oxygens (including phenoxy) is 2. The molecular weight excluding hydrogens is 132 g/mol. The van der Waals surface area contributed by atoms with Crippen LogP contribution >= 0.6 is 0 Å². The Morgan fingerprint density at radius 3 is 2.70 bits per heavy atom.